The zero-order valence-corrected chi connectivity index (χ0v) is 6.80. The highest BCUT2D eigenvalue weighted by atomic mass is 16.7. The van der Waals surface area contributed by atoms with Crippen molar-refractivity contribution in [1.29, 1.82) is 0 Å². The molecule has 0 spiro atoms. The van der Waals surface area contributed by atoms with E-state index < -0.39 is 0 Å². The Hall–Kier alpha value is -0.0800. The van der Waals surface area contributed by atoms with Crippen molar-refractivity contribution in [2.75, 3.05) is 13.2 Å². The first-order chi connectivity index (χ1) is 4.83. The number of rotatable bonds is 3. The highest BCUT2D eigenvalue weighted by Gasteiger charge is 2.21. The van der Waals surface area contributed by atoms with Crippen LogP contribution in [-0.2, 0) is 9.47 Å². The van der Waals surface area contributed by atoms with Crippen molar-refractivity contribution in [2.24, 2.45) is 5.92 Å². The first kappa shape index (κ1) is 8.02. The Balaban J connectivity index is 2.06. The molecular formula is C8H16O2. The standard InChI is InChI=1S/C8H16O2/c1-3-4-9-8-5-7(2)6-10-8/h7-8H,3-6H2,1-2H3/t7-,8+/m0/s1. The molecule has 0 bridgehead atoms. The topological polar surface area (TPSA) is 18.5 Å². The van der Waals surface area contributed by atoms with Gasteiger partial charge in [0.25, 0.3) is 0 Å². The van der Waals surface area contributed by atoms with Crippen LogP contribution >= 0.6 is 0 Å². The van der Waals surface area contributed by atoms with Gasteiger partial charge in [0.15, 0.2) is 6.29 Å². The van der Waals surface area contributed by atoms with E-state index in [1.165, 1.54) is 0 Å². The maximum absolute atomic E-state index is 5.40. The fraction of sp³-hybridized carbons (Fsp3) is 1.00. The smallest absolute Gasteiger partial charge is 0.157 e. The molecule has 10 heavy (non-hydrogen) atoms. The largest absolute Gasteiger partial charge is 0.353 e. The molecule has 1 rings (SSSR count). The average Bonchev–Trinajstić information content (AvgIpc) is 2.31. The van der Waals surface area contributed by atoms with Gasteiger partial charge in [0.1, 0.15) is 0 Å². The monoisotopic (exact) mass is 144 g/mol. The van der Waals surface area contributed by atoms with E-state index in [0.29, 0.717) is 5.92 Å². The summed E-state index contributed by atoms with van der Waals surface area (Å²) in [4.78, 5) is 0. The second-order valence-electron chi connectivity index (χ2n) is 2.97. The molecule has 0 saturated carbocycles. The zero-order valence-electron chi connectivity index (χ0n) is 6.80. The van der Waals surface area contributed by atoms with E-state index in [9.17, 15) is 0 Å². The Morgan fingerprint density at radius 3 is 2.90 bits per heavy atom. The van der Waals surface area contributed by atoms with Gasteiger partial charge in [-0.25, -0.2) is 0 Å². The van der Waals surface area contributed by atoms with Gasteiger partial charge >= 0.3 is 0 Å². The molecule has 1 aliphatic heterocycles. The third-order valence-electron chi connectivity index (χ3n) is 1.67. The molecule has 2 atom stereocenters. The summed E-state index contributed by atoms with van der Waals surface area (Å²) in [5.74, 6) is 0.682. The molecule has 0 aromatic rings. The molecule has 1 heterocycles. The van der Waals surface area contributed by atoms with Crippen LogP contribution in [0.15, 0.2) is 0 Å². The summed E-state index contributed by atoms with van der Waals surface area (Å²) in [6.45, 7) is 6.00. The summed E-state index contributed by atoms with van der Waals surface area (Å²) < 4.78 is 10.7. The number of hydrogen-bond acceptors (Lipinski definition) is 2. The first-order valence-electron chi connectivity index (χ1n) is 4.06. The highest BCUT2D eigenvalue weighted by Crippen LogP contribution is 2.19. The SMILES string of the molecule is CCCO[C@H]1C[C@H](C)CO1. The van der Waals surface area contributed by atoms with Crippen molar-refractivity contribution in [1.82, 2.24) is 0 Å². The molecule has 0 aliphatic carbocycles. The second-order valence-corrected chi connectivity index (χ2v) is 2.97. The zero-order chi connectivity index (χ0) is 7.40. The Bertz CT molecular complexity index is 93.3. The minimum atomic E-state index is 0.0925. The fourth-order valence-electron chi connectivity index (χ4n) is 1.10. The van der Waals surface area contributed by atoms with Gasteiger partial charge in [-0.3, -0.25) is 0 Å². The summed E-state index contributed by atoms with van der Waals surface area (Å²) in [6.07, 6.45) is 2.24. The molecule has 2 heteroatoms. The van der Waals surface area contributed by atoms with E-state index in [0.717, 1.165) is 26.1 Å². The van der Waals surface area contributed by atoms with Crippen LogP contribution in [0.5, 0.6) is 0 Å². The summed E-state index contributed by atoms with van der Waals surface area (Å²) in [5.41, 5.74) is 0. The molecule has 0 aromatic carbocycles. The average molecular weight is 144 g/mol. The van der Waals surface area contributed by atoms with Gasteiger partial charge in [0.2, 0.25) is 0 Å². The van der Waals surface area contributed by atoms with Crippen LogP contribution in [0.4, 0.5) is 0 Å². The lowest BCUT2D eigenvalue weighted by molar-refractivity contribution is -0.110. The maximum atomic E-state index is 5.40. The lowest BCUT2D eigenvalue weighted by Gasteiger charge is -2.08. The van der Waals surface area contributed by atoms with Crippen LogP contribution in [0, 0.1) is 5.92 Å². The summed E-state index contributed by atoms with van der Waals surface area (Å²) in [7, 11) is 0. The summed E-state index contributed by atoms with van der Waals surface area (Å²) in [6, 6.07) is 0. The predicted molar refractivity (Wildman–Crippen MR) is 39.8 cm³/mol. The Kier molecular flexibility index (Phi) is 3.16. The Morgan fingerprint density at radius 2 is 2.40 bits per heavy atom. The molecule has 0 radical (unpaired) electrons. The van der Waals surface area contributed by atoms with Gasteiger partial charge in [0.05, 0.1) is 6.61 Å². The van der Waals surface area contributed by atoms with Crippen LogP contribution in [0.25, 0.3) is 0 Å². The van der Waals surface area contributed by atoms with E-state index in [2.05, 4.69) is 13.8 Å². The molecular weight excluding hydrogens is 128 g/mol. The third kappa shape index (κ3) is 2.27. The third-order valence-corrected chi connectivity index (χ3v) is 1.67. The van der Waals surface area contributed by atoms with E-state index in [1.54, 1.807) is 0 Å². The van der Waals surface area contributed by atoms with E-state index in [1.807, 2.05) is 0 Å². The van der Waals surface area contributed by atoms with Crippen LogP contribution in [0.2, 0.25) is 0 Å². The molecule has 0 aromatic heterocycles. The van der Waals surface area contributed by atoms with Gasteiger partial charge in [0, 0.05) is 13.0 Å². The van der Waals surface area contributed by atoms with E-state index >= 15 is 0 Å². The molecule has 60 valence electrons. The van der Waals surface area contributed by atoms with Crippen molar-refractivity contribution >= 4 is 0 Å². The predicted octanol–water partition coefficient (Wildman–Crippen LogP) is 1.80. The molecule has 0 unspecified atom stereocenters. The second kappa shape index (κ2) is 3.94. The van der Waals surface area contributed by atoms with Crippen molar-refractivity contribution < 1.29 is 9.47 Å². The van der Waals surface area contributed by atoms with Gasteiger partial charge < -0.3 is 9.47 Å². The van der Waals surface area contributed by atoms with Crippen LogP contribution in [0.3, 0.4) is 0 Å². The van der Waals surface area contributed by atoms with Crippen LogP contribution < -0.4 is 0 Å². The van der Waals surface area contributed by atoms with Crippen LogP contribution in [0.1, 0.15) is 26.7 Å². The molecule has 0 amide bonds. The highest BCUT2D eigenvalue weighted by molar-refractivity contribution is 4.62. The Labute approximate surface area is 62.5 Å². The molecule has 2 nitrogen and oxygen atoms in total. The van der Waals surface area contributed by atoms with E-state index in [-0.39, 0.29) is 6.29 Å². The first-order valence-corrected chi connectivity index (χ1v) is 4.06. The Morgan fingerprint density at radius 1 is 1.60 bits per heavy atom. The molecule has 1 aliphatic rings. The van der Waals surface area contributed by atoms with Gasteiger partial charge in [-0.15, -0.1) is 0 Å². The van der Waals surface area contributed by atoms with Gasteiger partial charge in [-0.05, 0) is 12.3 Å². The molecule has 0 N–H and O–H groups in total. The van der Waals surface area contributed by atoms with Gasteiger partial charge in [-0.2, -0.15) is 0 Å². The quantitative estimate of drug-likeness (QED) is 0.601. The lowest BCUT2D eigenvalue weighted by Crippen LogP contribution is -2.10. The fourth-order valence-corrected chi connectivity index (χ4v) is 1.10. The van der Waals surface area contributed by atoms with Gasteiger partial charge in [-0.1, -0.05) is 13.8 Å². The maximum Gasteiger partial charge on any atom is 0.157 e. The summed E-state index contributed by atoms with van der Waals surface area (Å²) >= 11 is 0. The molecule has 1 fully saturated rings. The summed E-state index contributed by atoms with van der Waals surface area (Å²) in [5, 5.41) is 0. The number of ether oxygens (including phenoxy) is 2. The van der Waals surface area contributed by atoms with Crippen molar-refractivity contribution in [3.63, 3.8) is 0 Å². The van der Waals surface area contributed by atoms with Crippen molar-refractivity contribution in [2.45, 2.75) is 33.0 Å². The minimum Gasteiger partial charge on any atom is -0.353 e. The normalized spacial score (nSPS) is 33.0. The van der Waals surface area contributed by atoms with Crippen LogP contribution in [-0.4, -0.2) is 19.5 Å². The molecule has 1 saturated heterocycles. The number of hydrogen-bond donors (Lipinski definition) is 0. The van der Waals surface area contributed by atoms with E-state index in [4.69, 9.17) is 9.47 Å². The van der Waals surface area contributed by atoms with Crippen molar-refractivity contribution in [3.8, 4) is 0 Å². The van der Waals surface area contributed by atoms with Crippen molar-refractivity contribution in [3.05, 3.63) is 0 Å². The lowest BCUT2D eigenvalue weighted by atomic mass is 10.1. The minimum absolute atomic E-state index is 0.0925.